The smallest absolute Gasteiger partial charge is 0.222 e. The Morgan fingerprint density at radius 2 is 1.92 bits per heavy atom. The lowest BCUT2D eigenvalue weighted by molar-refractivity contribution is -0.139. The molecule has 24 heavy (non-hydrogen) atoms. The number of amides is 1. The Bertz CT molecular complexity index is 505. The number of carbonyl (C=O) groups excluding carboxylic acids is 2. The number of rotatable bonds is 0. The predicted octanol–water partition coefficient (Wildman–Crippen LogP) is 3.41. The van der Waals surface area contributed by atoms with Crippen LogP contribution in [0, 0.1) is 17.3 Å². The van der Waals surface area contributed by atoms with Crippen molar-refractivity contribution in [3.63, 3.8) is 0 Å². The number of ketones is 1. The number of allylic oxidation sites excluding steroid dienone is 3. The molecule has 4 heteroatoms. The van der Waals surface area contributed by atoms with E-state index in [9.17, 15) is 14.7 Å². The molecule has 3 atom stereocenters. The van der Waals surface area contributed by atoms with Crippen molar-refractivity contribution in [2.75, 3.05) is 6.54 Å². The Balaban J connectivity index is 2.93. The van der Waals surface area contributed by atoms with Gasteiger partial charge in [-0.15, -0.1) is 0 Å². The van der Waals surface area contributed by atoms with Gasteiger partial charge in [0.1, 0.15) is 5.78 Å². The molecule has 1 aliphatic rings. The largest absolute Gasteiger partial charge is 0.392 e. The van der Waals surface area contributed by atoms with Crippen LogP contribution in [0.15, 0.2) is 23.8 Å². The molecule has 0 saturated carbocycles. The van der Waals surface area contributed by atoms with Crippen LogP contribution in [0.25, 0.3) is 0 Å². The Labute approximate surface area is 146 Å². The number of aliphatic hydroxyl groups excluding tert-OH is 1. The maximum Gasteiger partial charge on any atom is 0.222 e. The van der Waals surface area contributed by atoms with Crippen molar-refractivity contribution in [1.29, 1.82) is 0 Å². The first kappa shape index (κ1) is 20.6. The van der Waals surface area contributed by atoms with E-state index in [4.69, 9.17) is 0 Å². The zero-order valence-corrected chi connectivity index (χ0v) is 15.8. The quantitative estimate of drug-likeness (QED) is 0.713. The molecule has 0 saturated heterocycles. The highest BCUT2D eigenvalue weighted by atomic mass is 16.3. The molecule has 1 amide bonds. The van der Waals surface area contributed by atoms with E-state index in [0.717, 1.165) is 19.3 Å². The van der Waals surface area contributed by atoms with Gasteiger partial charge in [-0.3, -0.25) is 9.59 Å². The van der Waals surface area contributed by atoms with E-state index >= 15 is 0 Å². The van der Waals surface area contributed by atoms with Crippen molar-refractivity contribution in [2.24, 2.45) is 17.3 Å². The maximum absolute atomic E-state index is 12.8. The van der Waals surface area contributed by atoms with Crippen LogP contribution in [-0.4, -0.2) is 29.4 Å². The van der Waals surface area contributed by atoms with E-state index in [0.29, 0.717) is 12.5 Å². The molecule has 1 unspecified atom stereocenters. The highest BCUT2D eigenvalue weighted by Crippen LogP contribution is 2.31. The minimum atomic E-state index is -0.965. The summed E-state index contributed by atoms with van der Waals surface area (Å²) < 4.78 is 0. The fourth-order valence-electron chi connectivity index (χ4n) is 3.17. The second-order valence-electron chi connectivity index (χ2n) is 7.77. The normalized spacial score (nSPS) is 34.1. The third kappa shape index (κ3) is 6.23. The van der Waals surface area contributed by atoms with Crippen molar-refractivity contribution in [3.05, 3.63) is 23.8 Å². The van der Waals surface area contributed by atoms with Gasteiger partial charge in [-0.05, 0) is 32.1 Å². The lowest BCUT2D eigenvalue weighted by atomic mass is 9.74. The Hall–Kier alpha value is -1.42. The molecule has 1 aliphatic heterocycles. The van der Waals surface area contributed by atoms with Crippen LogP contribution >= 0.6 is 0 Å². The van der Waals surface area contributed by atoms with Crippen LogP contribution in [0.5, 0.6) is 0 Å². The molecular formula is C20H33NO3. The fraction of sp³-hybridized carbons (Fsp3) is 0.700. The summed E-state index contributed by atoms with van der Waals surface area (Å²) in [5.74, 6) is 0.0858. The summed E-state index contributed by atoms with van der Waals surface area (Å²) >= 11 is 0. The summed E-state index contributed by atoms with van der Waals surface area (Å²) in [5.41, 5.74) is 0.258. The summed E-state index contributed by atoms with van der Waals surface area (Å²) in [5, 5.41) is 13.2. The van der Waals surface area contributed by atoms with E-state index in [2.05, 4.69) is 30.5 Å². The van der Waals surface area contributed by atoms with E-state index in [1.807, 2.05) is 13.8 Å². The van der Waals surface area contributed by atoms with Gasteiger partial charge >= 0.3 is 0 Å². The number of carbonyl (C=O) groups is 2. The van der Waals surface area contributed by atoms with Gasteiger partial charge in [-0.2, -0.15) is 0 Å². The molecule has 4 nitrogen and oxygen atoms in total. The standard InChI is InChI=1S/C20H33NO3/c1-14-8-6-9-15(2)12-16(3)19(24)20(4,5)17(22)13-18(23)21-11-7-10-14/h6,8,10,15-17,22H,7,9,11-13H2,1-5H3,(H,21,23)/b8-6+,14-10-/t15-,16?,17-/m0/s1. The molecule has 0 bridgehead atoms. The summed E-state index contributed by atoms with van der Waals surface area (Å²) in [6.07, 6.45) is 7.82. The Kier molecular flexibility index (Phi) is 7.88. The van der Waals surface area contributed by atoms with Crippen molar-refractivity contribution in [1.82, 2.24) is 5.32 Å². The molecule has 2 N–H and O–H groups in total. The van der Waals surface area contributed by atoms with E-state index in [1.54, 1.807) is 13.8 Å². The summed E-state index contributed by atoms with van der Waals surface area (Å²) in [6, 6.07) is 0. The molecule has 1 rings (SSSR count). The molecule has 0 fully saturated rings. The van der Waals surface area contributed by atoms with Gasteiger partial charge in [0.2, 0.25) is 5.91 Å². The van der Waals surface area contributed by atoms with Gasteiger partial charge in [0.25, 0.3) is 0 Å². The van der Waals surface area contributed by atoms with Crippen LogP contribution < -0.4 is 5.32 Å². The summed E-state index contributed by atoms with van der Waals surface area (Å²) in [4.78, 5) is 24.7. The van der Waals surface area contributed by atoms with Gasteiger partial charge in [0.15, 0.2) is 0 Å². The van der Waals surface area contributed by atoms with E-state index in [1.165, 1.54) is 5.57 Å². The van der Waals surface area contributed by atoms with Crippen molar-refractivity contribution in [3.8, 4) is 0 Å². The second-order valence-corrected chi connectivity index (χ2v) is 7.77. The monoisotopic (exact) mass is 335 g/mol. The van der Waals surface area contributed by atoms with Crippen molar-refractivity contribution in [2.45, 2.75) is 66.4 Å². The molecule has 0 aromatic carbocycles. The van der Waals surface area contributed by atoms with Gasteiger partial charge in [-0.25, -0.2) is 0 Å². The summed E-state index contributed by atoms with van der Waals surface area (Å²) in [6.45, 7) is 10.1. The fourth-order valence-corrected chi connectivity index (χ4v) is 3.17. The minimum Gasteiger partial charge on any atom is -0.392 e. The zero-order valence-electron chi connectivity index (χ0n) is 15.8. The number of hydrogen-bond donors (Lipinski definition) is 2. The SMILES string of the molecule is CC1=C/CCNC(=O)C[C@H](O)C(C)(C)C(=O)C(C)C[C@@H](C)C\C=C\1. The molecule has 1 heterocycles. The van der Waals surface area contributed by atoms with Crippen LogP contribution in [0.1, 0.15) is 60.3 Å². The third-order valence-corrected chi connectivity index (χ3v) is 4.90. The molecule has 0 spiro atoms. The minimum absolute atomic E-state index is 0.0294. The highest BCUT2D eigenvalue weighted by molar-refractivity contribution is 5.87. The van der Waals surface area contributed by atoms with Crippen LogP contribution in [0.2, 0.25) is 0 Å². The molecule has 0 aromatic heterocycles. The maximum atomic E-state index is 12.8. The zero-order chi connectivity index (χ0) is 18.3. The first-order valence-electron chi connectivity index (χ1n) is 8.97. The number of hydrogen-bond acceptors (Lipinski definition) is 3. The van der Waals surface area contributed by atoms with E-state index < -0.39 is 11.5 Å². The summed E-state index contributed by atoms with van der Waals surface area (Å²) in [7, 11) is 0. The first-order chi connectivity index (χ1) is 11.1. The average molecular weight is 335 g/mol. The molecular weight excluding hydrogens is 302 g/mol. The van der Waals surface area contributed by atoms with Gasteiger partial charge in [0.05, 0.1) is 17.9 Å². The highest BCUT2D eigenvalue weighted by Gasteiger charge is 2.39. The third-order valence-electron chi connectivity index (χ3n) is 4.90. The molecule has 0 aromatic rings. The van der Waals surface area contributed by atoms with Crippen LogP contribution in [-0.2, 0) is 9.59 Å². The number of Topliss-reactive ketones (excluding diaryl/α,β-unsaturated/α-hetero) is 1. The van der Waals surface area contributed by atoms with Gasteiger partial charge in [-0.1, -0.05) is 51.5 Å². The average Bonchev–Trinajstić information content (AvgIpc) is 2.49. The predicted molar refractivity (Wildman–Crippen MR) is 97.5 cm³/mol. The molecule has 0 aliphatic carbocycles. The first-order valence-corrected chi connectivity index (χ1v) is 8.97. The molecule has 0 radical (unpaired) electrons. The lowest BCUT2D eigenvalue weighted by Gasteiger charge is -2.32. The second kappa shape index (κ2) is 9.16. The van der Waals surface area contributed by atoms with Gasteiger partial charge < -0.3 is 10.4 Å². The van der Waals surface area contributed by atoms with Crippen LogP contribution in [0.3, 0.4) is 0 Å². The van der Waals surface area contributed by atoms with E-state index in [-0.39, 0.29) is 24.0 Å². The molecule has 136 valence electrons. The van der Waals surface area contributed by atoms with Crippen molar-refractivity contribution >= 4 is 11.7 Å². The Morgan fingerprint density at radius 3 is 2.58 bits per heavy atom. The van der Waals surface area contributed by atoms with Gasteiger partial charge in [0, 0.05) is 12.5 Å². The lowest BCUT2D eigenvalue weighted by Crippen LogP contribution is -2.43. The van der Waals surface area contributed by atoms with Crippen molar-refractivity contribution < 1.29 is 14.7 Å². The topological polar surface area (TPSA) is 66.4 Å². The number of nitrogens with one attached hydrogen (secondary N) is 1. The van der Waals surface area contributed by atoms with Crippen LogP contribution in [0.4, 0.5) is 0 Å². The number of aliphatic hydroxyl groups is 1. The Morgan fingerprint density at radius 1 is 1.25 bits per heavy atom.